The van der Waals surface area contributed by atoms with E-state index in [2.05, 4.69) is 5.32 Å². The average Bonchev–Trinajstić information content (AvgIpc) is 3.05. The van der Waals surface area contributed by atoms with Crippen LogP contribution in [0.3, 0.4) is 0 Å². The maximum absolute atomic E-state index is 12.4. The van der Waals surface area contributed by atoms with Crippen LogP contribution in [-0.4, -0.2) is 30.9 Å². The van der Waals surface area contributed by atoms with E-state index >= 15 is 0 Å². The molecule has 1 N–H and O–H groups in total. The largest absolute Gasteiger partial charge is 0.455 e. The quantitative estimate of drug-likeness (QED) is 0.779. The number of aryl methyl sites for hydroxylation is 1. The van der Waals surface area contributed by atoms with Gasteiger partial charge in [-0.2, -0.15) is 0 Å². The second-order valence-corrected chi connectivity index (χ2v) is 7.22. The van der Waals surface area contributed by atoms with E-state index in [-0.39, 0.29) is 18.9 Å². The molecular formula is C21H21ClN2O4. The predicted octanol–water partition coefficient (Wildman–Crippen LogP) is 3.49. The zero-order valence-corrected chi connectivity index (χ0v) is 16.5. The summed E-state index contributed by atoms with van der Waals surface area (Å²) in [5.74, 6) is -1.77. The Morgan fingerprint density at radius 1 is 1.18 bits per heavy atom. The lowest BCUT2D eigenvalue weighted by Crippen LogP contribution is -2.28. The summed E-state index contributed by atoms with van der Waals surface area (Å²) in [7, 11) is 0. The van der Waals surface area contributed by atoms with Gasteiger partial charge in [0.15, 0.2) is 6.61 Å². The molecule has 0 radical (unpaired) electrons. The maximum atomic E-state index is 12.4. The van der Waals surface area contributed by atoms with Crippen LogP contribution in [0, 0.1) is 19.8 Å². The second kappa shape index (κ2) is 8.44. The fraction of sp³-hybridized carbons (Fsp3) is 0.286. The fourth-order valence-corrected chi connectivity index (χ4v) is 3.24. The van der Waals surface area contributed by atoms with Crippen molar-refractivity contribution in [3.05, 3.63) is 58.6 Å². The van der Waals surface area contributed by atoms with Crippen molar-refractivity contribution >= 4 is 40.8 Å². The molecule has 1 atom stereocenters. The molecule has 2 aromatic carbocycles. The number of ether oxygens (including phenoxy) is 1. The van der Waals surface area contributed by atoms with Crippen molar-refractivity contribution in [3.63, 3.8) is 0 Å². The van der Waals surface area contributed by atoms with Crippen LogP contribution in [0.5, 0.6) is 0 Å². The lowest BCUT2D eigenvalue weighted by atomic mass is 10.1. The molecule has 1 aliphatic heterocycles. The Morgan fingerprint density at radius 2 is 1.89 bits per heavy atom. The molecule has 6 nitrogen and oxygen atoms in total. The van der Waals surface area contributed by atoms with Gasteiger partial charge in [0.1, 0.15) is 0 Å². The van der Waals surface area contributed by atoms with E-state index in [4.69, 9.17) is 16.3 Å². The number of amides is 2. The van der Waals surface area contributed by atoms with E-state index in [1.807, 2.05) is 26.0 Å². The zero-order valence-electron chi connectivity index (χ0n) is 15.7. The summed E-state index contributed by atoms with van der Waals surface area (Å²) in [4.78, 5) is 38.2. The van der Waals surface area contributed by atoms with E-state index in [0.717, 1.165) is 11.1 Å². The molecule has 28 heavy (non-hydrogen) atoms. The Hall–Kier alpha value is -2.86. The number of hydrogen-bond donors (Lipinski definition) is 1. The minimum absolute atomic E-state index is 0.0460. The first-order chi connectivity index (χ1) is 13.3. The Bertz CT molecular complexity index is 911. The molecular weight excluding hydrogens is 380 g/mol. The fourth-order valence-electron chi connectivity index (χ4n) is 3.08. The highest BCUT2D eigenvalue weighted by atomic mass is 35.5. The van der Waals surface area contributed by atoms with Crippen molar-refractivity contribution in [1.29, 1.82) is 0 Å². The first-order valence-corrected chi connectivity index (χ1v) is 9.31. The second-order valence-electron chi connectivity index (χ2n) is 6.81. The molecule has 3 rings (SSSR count). The predicted molar refractivity (Wildman–Crippen MR) is 107 cm³/mol. The number of hydrogen-bond acceptors (Lipinski definition) is 4. The van der Waals surface area contributed by atoms with Gasteiger partial charge >= 0.3 is 5.97 Å². The molecule has 1 aliphatic rings. The smallest absolute Gasteiger partial charge is 0.311 e. The van der Waals surface area contributed by atoms with Crippen LogP contribution in [-0.2, 0) is 19.1 Å². The highest BCUT2D eigenvalue weighted by Gasteiger charge is 2.37. The summed E-state index contributed by atoms with van der Waals surface area (Å²) in [6.07, 6.45) is 0.0460. The summed E-state index contributed by atoms with van der Waals surface area (Å²) >= 11 is 6.12. The van der Waals surface area contributed by atoms with E-state index in [1.165, 1.54) is 0 Å². The molecule has 1 heterocycles. The van der Waals surface area contributed by atoms with Gasteiger partial charge in [-0.1, -0.05) is 35.4 Å². The summed E-state index contributed by atoms with van der Waals surface area (Å²) in [5, 5.41) is 3.22. The van der Waals surface area contributed by atoms with Crippen molar-refractivity contribution in [2.24, 2.45) is 5.92 Å². The van der Waals surface area contributed by atoms with Gasteiger partial charge in [0.25, 0.3) is 5.91 Å². The first-order valence-electron chi connectivity index (χ1n) is 8.94. The molecule has 0 aliphatic carbocycles. The normalized spacial score (nSPS) is 16.2. The number of nitrogens with zero attached hydrogens (tertiary/aromatic N) is 1. The minimum atomic E-state index is -0.613. The van der Waals surface area contributed by atoms with Crippen LogP contribution in [0.4, 0.5) is 11.4 Å². The average molecular weight is 401 g/mol. The number of benzene rings is 2. The third-order valence-corrected chi connectivity index (χ3v) is 5.08. The summed E-state index contributed by atoms with van der Waals surface area (Å²) in [5.41, 5.74) is 3.18. The molecule has 2 aromatic rings. The molecule has 0 spiro atoms. The molecule has 146 valence electrons. The highest BCUT2D eigenvalue weighted by Crippen LogP contribution is 2.31. The van der Waals surface area contributed by atoms with Gasteiger partial charge in [0.2, 0.25) is 5.91 Å². The number of esters is 1. The topological polar surface area (TPSA) is 75.7 Å². The van der Waals surface area contributed by atoms with Gasteiger partial charge in [-0.3, -0.25) is 14.4 Å². The summed E-state index contributed by atoms with van der Waals surface area (Å²) in [6.45, 7) is 3.59. The van der Waals surface area contributed by atoms with Crippen LogP contribution < -0.4 is 10.2 Å². The van der Waals surface area contributed by atoms with Gasteiger partial charge in [-0.15, -0.1) is 0 Å². The number of nitrogens with one attached hydrogen (secondary N) is 1. The number of carbonyl (C=O) groups is 3. The Morgan fingerprint density at radius 3 is 2.61 bits per heavy atom. The third kappa shape index (κ3) is 4.51. The van der Waals surface area contributed by atoms with Crippen LogP contribution in [0.15, 0.2) is 42.5 Å². The van der Waals surface area contributed by atoms with Crippen molar-refractivity contribution < 1.29 is 19.1 Å². The van der Waals surface area contributed by atoms with Gasteiger partial charge in [0, 0.05) is 29.4 Å². The summed E-state index contributed by atoms with van der Waals surface area (Å²) < 4.78 is 5.11. The van der Waals surface area contributed by atoms with Crippen molar-refractivity contribution in [1.82, 2.24) is 0 Å². The molecule has 0 bridgehead atoms. The third-order valence-electron chi connectivity index (χ3n) is 4.67. The molecule has 2 amide bonds. The van der Waals surface area contributed by atoms with Crippen molar-refractivity contribution in [2.75, 3.05) is 23.4 Å². The standard InChI is InChI=1S/C21H21ClN2O4/c1-13-6-8-16(9-7-13)23-19(25)12-28-21(27)15-10-20(26)24(11-15)18-5-3-4-17(22)14(18)2/h3-9,15H,10-12H2,1-2H3,(H,23,25)/t15-/m1/s1. The van der Waals surface area contributed by atoms with Gasteiger partial charge in [-0.05, 0) is 43.7 Å². The molecule has 1 fully saturated rings. The van der Waals surface area contributed by atoms with Crippen LogP contribution in [0.2, 0.25) is 5.02 Å². The molecule has 7 heteroatoms. The zero-order chi connectivity index (χ0) is 20.3. The lowest BCUT2D eigenvalue weighted by molar-refractivity contribution is -0.151. The lowest BCUT2D eigenvalue weighted by Gasteiger charge is -2.19. The summed E-state index contributed by atoms with van der Waals surface area (Å²) in [6, 6.07) is 12.6. The number of carbonyl (C=O) groups excluding carboxylic acids is 3. The van der Waals surface area contributed by atoms with Crippen LogP contribution in [0.1, 0.15) is 17.5 Å². The van der Waals surface area contributed by atoms with E-state index in [0.29, 0.717) is 16.4 Å². The Kier molecular flexibility index (Phi) is 5.99. The number of rotatable bonds is 5. The highest BCUT2D eigenvalue weighted by molar-refractivity contribution is 6.31. The van der Waals surface area contributed by atoms with Crippen molar-refractivity contribution in [3.8, 4) is 0 Å². The van der Waals surface area contributed by atoms with Gasteiger partial charge in [0.05, 0.1) is 5.92 Å². The van der Waals surface area contributed by atoms with E-state index in [9.17, 15) is 14.4 Å². The molecule has 0 saturated carbocycles. The van der Waals surface area contributed by atoms with Gasteiger partial charge < -0.3 is 15.0 Å². The Balaban J connectivity index is 1.55. The van der Waals surface area contributed by atoms with E-state index in [1.54, 1.807) is 35.2 Å². The molecule has 0 unspecified atom stereocenters. The number of anilines is 2. The monoisotopic (exact) mass is 400 g/mol. The van der Waals surface area contributed by atoms with Gasteiger partial charge in [-0.25, -0.2) is 0 Å². The first kappa shape index (κ1) is 19.9. The van der Waals surface area contributed by atoms with Crippen LogP contribution in [0.25, 0.3) is 0 Å². The molecule has 1 saturated heterocycles. The SMILES string of the molecule is Cc1ccc(NC(=O)COC(=O)[C@@H]2CC(=O)N(c3cccc(Cl)c3C)C2)cc1. The Labute approximate surface area is 168 Å². The van der Waals surface area contributed by atoms with Crippen LogP contribution >= 0.6 is 11.6 Å². The maximum Gasteiger partial charge on any atom is 0.311 e. The molecule has 0 aromatic heterocycles. The van der Waals surface area contributed by atoms with Crippen molar-refractivity contribution in [2.45, 2.75) is 20.3 Å². The number of halogens is 1. The minimum Gasteiger partial charge on any atom is -0.455 e. The van der Waals surface area contributed by atoms with E-state index < -0.39 is 24.4 Å².